The molecule has 0 saturated carbocycles. The molecule has 2 aromatic heterocycles. The molecule has 0 bridgehead atoms. The maximum absolute atomic E-state index is 14.7. The first-order valence-corrected chi connectivity index (χ1v) is 9.97. The third-order valence-electron chi connectivity index (χ3n) is 5.19. The van der Waals surface area contributed by atoms with Crippen molar-refractivity contribution in [1.29, 1.82) is 0 Å². The van der Waals surface area contributed by atoms with Gasteiger partial charge >= 0.3 is 0 Å². The van der Waals surface area contributed by atoms with Crippen LogP contribution in [0.3, 0.4) is 0 Å². The highest BCUT2D eigenvalue weighted by molar-refractivity contribution is 5.57. The number of benzene rings is 1. The average molecular weight is 405 g/mol. The predicted octanol–water partition coefficient (Wildman–Crippen LogP) is 5.26. The van der Waals surface area contributed by atoms with Gasteiger partial charge in [-0.05, 0) is 44.0 Å². The van der Waals surface area contributed by atoms with Gasteiger partial charge in [0.15, 0.2) is 11.6 Å². The highest BCUT2D eigenvalue weighted by atomic mass is 19.1. The van der Waals surface area contributed by atoms with Crippen LogP contribution in [0.25, 0.3) is 0 Å². The monoisotopic (exact) mass is 405 g/mol. The highest BCUT2D eigenvalue weighted by Gasteiger charge is 2.25. The number of hydrogen-bond donors (Lipinski definition) is 1. The minimum absolute atomic E-state index is 0.114. The number of hydrogen-bond acceptors (Lipinski definition) is 6. The van der Waals surface area contributed by atoms with E-state index in [1.54, 1.807) is 30.7 Å². The second-order valence-electron chi connectivity index (χ2n) is 7.33. The van der Waals surface area contributed by atoms with E-state index in [0.717, 1.165) is 37.3 Å². The first-order chi connectivity index (χ1) is 14.6. The summed E-state index contributed by atoms with van der Waals surface area (Å²) >= 11 is 0. The molecule has 0 atom stereocenters. The smallest absolute Gasteiger partial charge is 0.241 e. The molecule has 1 aliphatic rings. The van der Waals surface area contributed by atoms with E-state index in [-0.39, 0.29) is 11.7 Å². The Balaban J connectivity index is 1.49. The zero-order valence-corrected chi connectivity index (χ0v) is 16.9. The summed E-state index contributed by atoms with van der Waals surface area (Å²) in [5.74, 6) is 0.850. The number of piperidine rings is 1. The van der Waals surface area contributed by atoms with E-state index in [2.05, 4.69) is 31.7 Å². The quantitative estimate of drug-likeness (QED) is 0.604. The molecule has 1 aliphatic heterocycles. The van der Waals surface area contributed by atoms with Crippen molar-refractivity contribution in [2.24, 2.45) is 0 Å². The van der Waals surface area contributed by atoms with Gasteiger partial charge in [0.1, 0.15) is 11.5 Å². The van der Waals surface area contributed by atoms with Crippen LogP contribution in [0.1, 0.15) is 31.4 Å². The van der Waals surface area contributed by atoms with E-state index in [9.17, 15) is 4.39 Å². The molecular formula is C23H24FN5O. The number of pyridine rings is 1. The summed E-state index contributed by atoms with van der Waals surface area (Å²) in [4.78, 5) is 15.3. The molecule has 1 aromatic carbocycles. The van der Waals surface area contributed by atoms with E-state index in [4.69, 9.17) is 4.74 Å². The predicted molar refractivity (Wildman–Crippen MR) is 114 cm³/mol. The summed E-state index contributed by atoms with van der Waals surface area (Å²) < 4.78 is 20.6. The average Bonchev–Trinajstić information content (AvgIpc) is 2.77. The SMILES string of the molecule is C=C(C)N1CCC(c2nccnc2Oc2ccc(Nc3ccccn3)cc2F)CC1. The molecule has 7 heteroatoms. The summed E-state index contributed by atoms with van der Waals surface area (Å²) in [6, 6.07) is 10.2. The zero-order valence-electron chi connectivity index (χ0n) is 16.9. The lowest BCUT2D eigenvalue weighted by molar-refractivity contribution is 0.259. The number of aromatic nitrogens is 3. The maximum atomic E-state index is 14.7. The van der Waals surface area contributed by atoms with Crippen LogP contribution in [-0.2, 0) is 0 Å². The highest BCUT2D eigenvalue weighted by Crippen LogP contribution is 2.35. The lowest BCUT2D eigenvalue weighted by atomic mass is 9.93. The summed E-state index contributed by atoms with van der Waals surface area (Å²) in [7, 11) is 0. The van der Waals surface area contributed by atoms with E-state index in [1.165, 1.54) is 6.07 Å². The summed E-state index contributed by atoms with van der Waals surface area (Å²) in [6.45, 7) is 7.87. The fourth-order valence-electron chi connectivity index (χ4n) is 3.58. The molecule has 3 aromatic rings. The van der Waals surface area contributed by atoms with Crippen molar-refractivity contribution in [2.45, 2.75) is 25.7 Å². The number of allylic oxidation sites excluding steroid dienone is 1. The molecule has 0 spiro atoms. The van der Waals surface area contributed by atoms with Crippen LogP contribution in [0.4, 0.5) is 15.9 Å². The third kappa shape index (κ3) is 4.56. The van der Waals surface area contributed by atoms with Crippen LogP contribution in [0.15, 0.2) is 67.3 Å². The minimum atomic E-state index is -0.482. The molecule has 154 valence electrons. The molecule has 3 heterocycles. The summed E-state index contributed by atoms with van der Waals surface area (Å²) in [5, 5.41) is 3.07. The van der Waals surface area contributed by atoms with Crippen LogP contribution in [0, 0.1) is 5.82 Å². The topological polar surface area (TPSA) is 63.2 Å². The Morgan fingerprint density at radius 1 is 1.10 bits per heavy atom. The van der Waals surface area contributed by atoms with Gasteiger partial charge in [-0.1, -0.05) is 12.6 Å². The summed E-state index contributed by atoms with van der Waals surface area (Å²) in [6.07, 6.45) is 6.75. The van der Waals surface area contributed by atoms with Gasteiger partial charge in [0.2, 0.25) is 5.88 Å². The maximum Gasteiger partial charge on any atom is 0.241 e. The van der Waals surface area contributed by atoms with Gasteiger partial charge < -0.3 is 15.0 Å². The van der Waals surface area contributed by atoms with E-state index in [1.807, 2.05) is 25.1 Å². The second kappa shape index (κ2) is 8.90. The van der Waals surface area contributed by atoms with Gasteiger partial charge in [-0.3, -0.25) is 4.98 Å². The number of ether oxygens (including phenoxy) is 1. The van der Waals surface area contributed by atoms with Crippen molar-refractivity contribution in [1.82, 2.24) is 19.9 Å². The van der Waals surface area contributed by atoms with Gasteiger partial charge in [0, 0.05) is 55.0 Å². The Bertz CT molecular complexity index is 1020. The van der Waals surface area contributed by atoms with Crippen molar-refractivity contribution in [3.63, 3.8) is 0 Å². The van der Waals surface area contributed by atoms with Crippen molar-refractivity contribution in [2.75, 3.05) is 18.4 Å². The molecule has 1 fully saturated rings. The first kappa shape index (κ1) is 19.8. The molecule has 0 aliphatic carbocycles. The number of halogens is 1. The van der Waals surface area contributed by atoms with Gasteiger partial charge in [0.05, 0.1) is 0 Å². The standard InChI is InChI=1S/C23H24FN5O/c1-16(2)29-13-8-17(9-14-29)22-23(27-12-11-26-22)30-20-7-6-18(15-19(20)24)28-21-5-3-4-10-25-21/h3-7,10-12,15,17H,1,8-9,13-14H2,2H3,(H,25,28). The van der Waals surface area contributed by atoms with Crippen molar-refractivity contribution in [3.05, 3.63) is 78.8 Å². The fraction of sp³-hybridized carbons (Fsp3) is 0.261. The number of anilines is 2. The Hall–Kier alpha value is -3.48. The van der Waals surface area contributed by atoms with Gasteiger partial charge in [-0.2, -0.15) is 0 Å². The van der Waals surface area contributed by atoms with Gasteiger partial charge in [-0.25, -0.2) is 14.4 Å². The van der Waals surface area contributed by atoms with Crippen LogP contribution in [-0.4, -0.2) is 32.9 Å². The number of rotatable bonds is 6. The lowest BCUT2D eigenvalue weighted by Crippen LogP contribution is -2.31. The van der Waals surface area contributed by atoms with Crippen LogP contribution in [0.2, 0.25) is 0 Å². The second-order valence-corrected chi connectivity index (χ2v) is 7.33. The van der Waals surface area contributed by atoms with E-state index >= 15 is 0 Å². The van der Waals surface area contributed by atoms with Gasteiger partial charge in [-0.15, -0.1) is 0 Å². The minimum Gasteiger partial charge on any atom is -0.434 e. The molecule has 1 N–H and O–H groups in total. The number of nitrogens with one attached hydrogen (secondary N) is 1. The molecule has 1 saturated heterocycles. The normalized spacial score (nSPS) is 14.4. The Labute approximate surface area is 175 Å². The zero-order chi connectivity index (χ0) is 20.9. The Kier molecular flexibility index (Phi) is 5.88. The van der Waals surface area contributed by atoms with Crippen LogP contribution >= 0.6 is 0 Å². The molecule has 0 amide bonds. The Morgan fingerprint density at radius 3 is 2.60 bits per heavy atom. The number of likely N-dealkylation sites (tertiary alicyclic amines) is 1. The van der Waals surface area contributed by atoms with Crippen LogP contribution in [0.5, 0.6) is 11.6 Å². The van der Waals surface area contributed by atoms with Crippen molar-refractivity contribution >= 4 is 11.5 Å². The molecule has 0 radical (unpaired) electrons. The first-order valence-electron chi connectivity index (χ1n) is 9.97. The lowest BCUT2D eigenvalue weighted by Gasteiger charge is -2.33. The molecule has 30 heavy (non-hydrogen) atoms. The number of nitrogens with zero attached hydrogens (tertiary/aromatic N) is 4. The van der Waals surface area contributed by atoms with Crippen molar-refractivity contribution in [3.8, 4) is 11.6 Å². The third-order valence-corrected chi connectivity index (χ3v) is 5.19. The largest absolute Gasteiger partial charge is 0.434 e. The van der Waals surface area contributed by atoms with E-state index < -0.39 is 5.82 Å². The Morgan fingerprint density at radius 2 is 1.90 bits per heavy atom. The molecule has 0 unspecified atom stereocenters. The summed E-state index contributed by atoms with van der Waals surface area (Å²) in [5.41, 5.74) is 2.43. The van der Waals surface area contributed by atoms with E-state index in [0.29, 0.717) is 17.4 Å². The van der Waals surface area contributed by atoms with Gasteiger partial charge in [0.25, 0.3) is 0 Å². The van der Waals surface area contributed by atoms with Crippen molar-refractivity contribution < 1.29 is 9.13 Å². The molecular weight excluding hydrogens is 381 g/mol. The molecule has 4 rings (SSSR count). The van der Waals surface area contributed by atoms with Crippen LogP contribution < -0.4 is 10.1 Å². The fourth-order valence-corrected chi connectivity index (χ4v) is 3.58. The molecule has 6 nitrogen and oxygen atoms in total.